The Labute approximate surface area is 104 Å². The van der Waals surface area contributed by atoms with Crippen LogP contribution < -0.4 is 0 Å². The molecular formula is C13H15IO. The van der Waals surface area contributed by atoms with Crippen molar-refractivity contribution < 1.29 is 4.79 Å². The molecule has 0 aromatic heterocycles. The first kappa shape index (κ1) is 11.1. The summed E-state index contributed by atoms with van der Waals surface area (Å²) in [7, 11) is 0. The van der Waals surface area contributed by atoms with Crippen molar-refractivity contribution in [3.63, 3.8) is 0 Å². The van der Waals surface area contributed by atoms with Crippen molar-refractivity contribution in [3.05, 3.63) is 33.4 Å². The van der Waals surface area contributed by atoms with Crippen LogP contribution >= 0.6 is 22.6 Å². The number of carbonyl (C=O) groups is 1. The Morgan fingerprint density at radius 3 is 2.47 bits per heavy atom. The number of hydrogen-bond acceptors (Lipinski definition) is 1. The number of halogens is 1. The standard InChI is InChI=1S/C13H15IO/c1-3-13(2)11(8-12(13)15)9-4-6-10(14)7-5-9/h4-7,11H,3,8H2,1-2H3. The van der Waals surface area contributed by atoms with E-state index in [1.165, 1.54) is 9.13 Å². The lowest BCUT2D eigenvalue weighted by atomic mass is 9.56. The highest BCUT2D eigenvalue weighted by molar-refractivity contribution is 14.1. The largest absolute Gasteiger partial charge is 0.299 e. The highest BCUT2D eigenvalue weighted by atomic mass is 127. The molecule has 2 heteroatoms. The predicted molar refractivity (Wildman–Crippen MR) is 69.9 cm³/mol. The molecule has 2 unspecified atom stereocenters. The van der Waals surface area contributed by atoms with Crippen molar-refractivity contribution in [2.24, 2.45) is 5.41 Å². The lowest BCUT2D eigenvalue weighted by Gasteiger charge is -2.45. The van der Waals surface area contributed by atoms with Crippen LogP contribution in [0.1, 0.15) is 38.2 Å². The molecule has 0 spiro atoms. The summed E-state index contributed by atoms with van der Waals surface area (Å²) in [5.41, 5.74) is 1.21. The summed E-state index contributed by atoms with van der Waals surface area (Å²) in [4.78, 5) is 11.6. The van der Waals surface area contributed by atoms with E-state index in [1.54, 1.807) is 0 Å². The quantitative estimate of drug-likeness (QED) is 0.760. The molecule has 1 nitrogen and oxygen atoms in total. The number of carbonyl (C=O) groups excluding carboxylic acids is 1. The van der Waals surface area contributed by atoms with Gasteiger partial charge in [0, 0.05) is 21.3 Å². The van der Waals surface area contributed by atoms with E-state index in [0.717, 1.165) is 12.8 Å². The van der Waals surface area contributed by atoms with Crippen LogP contribution in [0.15, 0.2) is 24.3 Å². The summed E-state index contributed by atoms with van der Waals surface area (Å²) in [5.74, 6) is 0.862. The van der Waals surface area contributed by atoms with E-state index in [2.05, 4.69) is 60.7 Å². The molecule has 2 atom stereocenters. The van der Waals surface area contributed by atoms with Gasteiger partial charge in [-0.1, -0.05) is 26.0 Å². The van der Waals surface area contributed by atoms with Gasteiger partial charge in [-0.05, 0) is 46.7 Å². The molecule has 80 valence electrons. The number of benzene rings is 1. The van der Waals surface area contributed by atoms with E-state index in [9.17, 15) is 4.79 Å². The van der Waals surface area contributed by atoms with Gasteiger partial charge in [-0.15, -0.1) is 0 Å². The zero-order chi connectivity index (χ0) is 11.1. The van der Waals surface area contributed by atoms with Crippen LogP contribution in [0, 0.1) is 8.99 Å². The topological polar surface area (TPSA) is 17.1 Å². The Kier molecular flexibility index (Phi) is 2.88. The normalized spacial score (nSPS) is 30.1. The molecule has 0 heterocycles. The predicted octanol–water partition coefficient (Wildman–Crippen LogP) is 3.76. The van der Waals surface area contributed by atoms with Crippen LogP contribution in [0.3, 0.4) is 0 Å². The zero-order valence-electron chi connectivity index (χ0n) is 9.09. The fraction of sp³-hybridized carbons (Fsp3) is 0.462. The average Bonchev–Trinajstić information content (AvgIpc) is 2.26. The van der Waals surface area contributed by atoms with Crippen LogP contribution in [0.5, 0.6) is 0 Å². The SMILES string of the molecule is CCC1(C)C(=O)CC1c1ccc(I)cc1. The Morgan fingerprint density at radius 2 is 2.00 bits per heavy atom. The Bertz CT molecular complexity index is 382. The van der Waals surface area contributed by atoms with Gasteiger partial charge >= 0.3 is 0 Å². The smallest absolute Gasteiger partial charge is 0.140 e. The molecule has 0 N–H and O–H groups in total. The van der Waals surface area contributed by atoms with Gasteiger partial charge in [0.25, 0.3) is 0 Å². The summed E-state index contributed by atoms with van der Waals surface area (Å²) in [6.07, 6.45) is 1.67. The van der Waals surface area contributed by atoms with Crippen molar-refractivity contribution in [3.8, 4) is 0 Å². The van der Waals surface area contributed by atoms with Gasteiger partial charge in [0.2, 0.25) is 0 Å². The molecule has 0 saturated heterocycles. The van der Waals surface area contributed by atoms with E-state index < -0.39 is 0 Å². The van der Waals surface area contributed by atoms with Crippen LogP contribution in [0.4, 0.5) is 0 Å². The fourth-order valence-corrected chi connectivity index (χ4v) is 2.69. The van der Waals surface area contributed by atoms with Crippen LogP contribution in [0.2, 0.25) is 0 Å². The highest BCUT2D eigenvalue weighted by Crippen LogP contribution is 2.51. The first-order chi connectivity index (χ1) is 7.08. The van der Waals surface area contributed by atoms with Gasteiger partial charge in [0.15, 0.2) is 0 Å². The first-order valence-corrected chi connectivity index (χ1v) is 6.44. The maximum absolute atomic E-state index is 11.6. The van der Waals surface area contributed by atoms with E-state index in [-0.39, 0.29) is 5.41 Å². The summed E-state index contributed by atoms with van der Waals surface area (Å²) >= 11 is 2.31. The number of Topliss-reactive ketones (excluding diaryl/α,β-unsaturated/α-hetero) is 1. The summed E-state index contributed by atoms with van der Waals surface area (Å²) in [6.45, 7) is 4.21. The van der Waals surface area contributed by atoms with Gasteiger partial charge in [-0.2, -0.15) is 0 Å². The summed E-state index contributed by atoms with van der Waals surface area (Å²) < 4.78 is 1.25. The maximum Gasteiger partial charge on any atom is 0.140 e. The Hall–Kier alpha value is -0.380. The molecular weight excluding hydrogens is 299 g/mol. The molecule has 1 aliphatic carbocycles. The third-order valence-corrected chi connectivity index (χ3v) is 4.52. The molecule has 0 radical (unpaired) electrons. The molecule has 1 fully saturated rings. The Morgan fingerprint density at radius 1 is 1.40 bits per heavy atom. The van der Waals surface area contributed by atoms with Crippen molar-refractivity contribution >= 4 is 28.4 Å². The van der Waals surface area contributed by atoms with Gasteiger partial charge in [0.1, 0.15) is 5.78 Å². The van der Waals surface area contributed by atoms with Gasteiger partial charge < -0.3 is 0 Å². The minimum Gasteiger partial charge on any atom is -0.299 e. The first-order valence-electron chi connectivity index (χ1n) is 5.36. The molecule has 0 aliphatic heterocycles. The van der Waals surface area contributed by atoms with E-state index in [0.29, 0.717) is 11.7 Å². The molecule has 1 aliphatic rings. The van der Waals surface area contributed by atoms with Crippen molar-refractivity contribution in [1.82, 2.24) is 0 Å². The minimum absolute atomic E-state index is 0.104. The van der Waals surface area contributed by atoms with Crippen molar-refractivity contribution in [1.29, 1.82) is 0 Å². The second-order valence-corrected chi connectivity index (χ2v) is 5.75. The highest BCUT2D eigenvalue weighted by Gasteiger charge is 2.49. The Balaban J connectivity index is 2.26. The van der Waals surface area contributed by atoms with E-state index in [4.69, 9.17) is 0 Å². The fourth-order valence-electron chi connectivity index (χ4n) is 2.33. The molecule has 0 amide bonds. The van der Waals surface area contributed by atoms with Gasteiger partial charge in [-0.3, -0.25) is 4.79 Å². The zero-order valence-corrected chi connectivity index (χ0v) is 11.2. The third-order valence-electron chi connectivity index (χ3n) is 3.80. The second kappa shape index (κ2) is 3.89. The number of hydrogen-bond donors (Lipinski definition) is 0. The van der Waals surface area contributed by atoms with E-state index in [1.807, 2.05) is 0 Å². The van der Waals surface area contributed by atoms with Gasteiger partial charge in [-0.25, -0.2) is 0 Å². The minimum atomic E-state index is -0.104. The molecule has 1 aromatic rings. The lowest BCUT2D eigenvalue weighted by molar-refractivity contribution is -0.139. The van der Waals surface area contributed by atoms with Crippen LogP contribution in [-0.2, 0) is 4.79 Å². The van der Waals surface area contributed by atoms with Crippen molar-refractivity contribution in [2.75, 3.05) is 0 Å². The second-order valence-electron chi connectivity index (χ2n) is 4.50. The molecule has 15 heavy (non-hydrogen) atoms. The van der Waals surface area contributed by atoms with Crippen molar-refractivity contribution in [2.45, 2.75) is 32.6 Å². The summed E-state index contributed by atoms with van der Waals surface area (Å²) in [6, 6.07) is 8.56. The molecule has 0 bridgehead atoms. The molecule has 2 rings (SSSR count). The molecule has 1 aromatic carbocycles. The van der Waals surface area contributed by atoms with Crippen LogP contribution in [0.25, 0.3) is 0 Å². The summed E-state index contributed by atoms with van der Waals surface area (Å²) in [5, 5.41) is 0. The number of ketones is 1. The van der Waals surface area contributed by atoms with Crippen LogP contribution in [-0.4, -0.2) is 5.78 Å². The lowest BCUT2D eigenvalue weighted by Crippen LogP contribution is -2.45. The molecule has 1 saturated carbocycles. The van der Waals surface area contributed by atoms with E-state index >= 15 is 0 Å². The third kappa shape index (κ3) is 1.73. The van der Waals surface area contributed by atoms with Gasteiger partial charge in [0.05, 0.1) is 0 Å². The number of rotatable bonds is 2. The maximum atomic E-state index is 11.6. The monoisotopic (exact) mass is 314 g/mol. The average molecular weight is 314 g/mol.